The second-order valence-corrected chi connectivity index (χ2v) is 4.58. The van der Waals surface area contributed by atoms with Gasteiger partial charge in [0.05, 0.1) is 22.9 Å². The van der Waals surface area contributed by atoms with Crippen molar-refractivity contribution in [3.63, 3.8) is 0 Å². The largest absolute Gasteiger partial charge is 0.336 e. The number of hydrogen-bond acceptors (Lipinski definition) is 3. The number of nitrogens with one attached hydrogen (secondary N) is 1. The molecule has 0 bridgehead atoms. The molecule has 0 spiro atoms. The van der Waals surface area contributed by atoms with Gasteiger partial charge in [-0.3, -0.25) is 0 Å². The van der Waals surface area contributed by atoms with Gasteiger partial charge in [0.1, 0.15) is 6.07 Å². The zero-order valence-electron chi connectivity index (χ0n) is 10.1. The van der Waals surface area contributed by atoms with Gasteiger partial charge in [0, 0.05) is 25.5 Å². The van der Waals surface area contributed by atoms with Gasteiger partial charge in [-0.1, -0.05) is 6.07 Å². The number of benzene rings is 1. The number of aromatic nitrogens is 4. The highest BCUT2D eigenvalue weighted by molar-refractivity contribution is 7.71. The van der Waals surface area contributed by atoms with Crippen molar-refractivity contribution >= 4 is 23.3 Å². The molecule has 0 aliphatic carbocycles. The van der Waals surface area contributed by atoms with Crippen LogP contribution in [0.1, 0.15) is 5.56 Å². The lowest BCUT2D eigenvalue weighted by atomic mass is 10.2. The van der Waals surface area contributed by atoms with E-state index < -0.39 is 0 Å². The van der Waals surface area contributed by atoms with Crippen LogP contribution in [-0.4, -0.2) is 19.1 Å². The summed E-state index contributed by atoms with van der Waals surface area (Å²) in [4.78, 5) is 7.12. The number of H-pyrrole nitrogens is 1. The van der Waals surface area contributed by atoms with E-state index in [1.54, 1.807) is 18.6 Å². The molecular weight excluding hydrogens is 258 g/mol. The topological polar surface area (TPSA) is 62.3 Å². The van der Waals surface area contributed by atoms with Crippen LogP contribution in [0.4, 0.5) is 0 Å². The lowest BCUT2D eigenvalue weighted by molar-refractivity contribution is 0.584. The van der Waals surface area contributed by atoms with Gasteiger partial charge in [-0.25, -0.2) is 4.98 Å². The molecule has 0 amide bonds. The molecule has 19 heavy (non-hydrogen) atoms. The van der Waals surface area contributed by atoms with Crippen LogP contribution in [0.25, 0.3) is 11.0 Å². The van der Waals surface area contributed by atoms with Crippen molar-refractivity contribution in [2.24, 2.45) is 0 Å². The SMILES string of the molecule is N#Cc1cccc2c1[nH]c(=S)n2CCn1ccnc1. The molecular formula is C13H11N5S. The molecule has 0 aliphatic rings. The highest BCUT2D eigenvalue weighted by atomic mass is 32.1. The minimum atomic E-state index is 0.616. The van der Waals surface area contributed by atoms with Crippen molar-refractivity contribution < 1.29 is 0 Å². The molecule has 0 saturated carbocycles. The van der Waals surface area contributed by atoms with Crippen molar-refractivity contribution in [3.8, 4) is 6.07 Å². The van der Waals surface area contributed by atoms with Gasteiger partial charge < -0.3 is 14.1 Å². The first-order valence-electron chi connectivity index (χ1n) is 5.87. The third-order valence-corrected chi connectivity index (χ3v) is 3.39. The van der Waals surface area contributed by atoms with Crippen LogP contribution in [0.3, 0.4) is 0 Å². The van der Waals surface area contributed by atoms with Gasteiger partial charge in [-0.15, -0.1) is 0 Å². The zero-order valence-corrected chi connectivity index (χ0v) is 10.9. The van der Waals surface area contributed by atoms with E-state index in [1.165, 1.54) is 0 Å². The van der Waals surface area contributed by atoms with Gasteiger partial charge in [0.15, 0.2) is 4.77 Å². The van der Waals surface area contributed by atoms with Crippen LogP contribution in [0, 0.1) is 16.1 Å². The van der Waals surface area contributed by atoms with Gasteiger partial charge in [-0.05, 0) is 24.4 Å². The Labute approximate surface area is 114 Å². The van der Waals surface area contributed by atoms with Gasteiger partial charge >= 0.3 is 0 Å². The summed E-state index contributed by atoms with van der Waals surface area (Å²) in [6, 6.07) is 7.80. The number of nitrogens with zero attached hydrogens (tertiary/aromatic N) is 4. The second-order valence-electron chi connectivity index (χ2n) is 4.19. The Kier molecular flexibility index (Phi) is 2.89. The first-order valence-corrected chi connectivity index (χ1v) is 6.28. The lowest BCUT2D eigenvalue weighted by Crippen LogP contribution is -2.05. The smallest absolute Gasteiger partial charge is 0.178 e. The summed E-state index contributed by atoms with van der Waals surface area (Å²) in [7, 11) is 0. The van der Waals surface area contributed by atoms with Gasteiger partial charge in [0.2, 0.25) is 0 Å². The number of rotatable bonds is 3. The summed E-state index contributed by atoms with van der Waals surface area (Å²) in [5, 5.41) is 9.09. The van der Waals surface area contributed by atoms with Crippen LogP contribution in [0.2, 0.25) is 0 Å². The van der Waals surface area contributed by atoms with Gasteiger partial charge in [-0.2, -0.15) is 5.26 Å². The third-order valence-electron chi connectivity index (χ3n) is 3.07. The normalized spacial score (nSPS) is 10.7. The molecule has 1 N–H and O–H groups in total. The standard InChI is InChI=1S/C13H11N5S/c14-8-10-2-1-3-11-12(10)16-13(19)18(11)7-6-17-5-4-15-9-17/h1-5,9H,6-7H2,(H,16,19). The van der Waals surface area contributed by atoms with E-state index in [0.29, 0.717) is 10.3 Å². The molecule has 0 aliphatic heterocycles. The van der Waals surface area contributed by atoms with E-state index in [9.17, 15) is 0 Å². The summed E-state index contributed by atoms with van der Waals surface area (Å²) in [6.07, 6.45) is 5.45. The molecule has 2 aromatic heterocycles. The Morgan fingerprint density at radius 1 is 1.37 bits per heavy atom. The zero-order chi connectivity index (χ0) is 13.2. The predicted octanol–water partition coefficient (Wildman–Crippen LogP) is 2.47. The van der Waals surface area contributed by atoms with Crippen LogP contribution in [0.5, 0.6) is 0 Å². The number of imidazole rings is 2. The van der Waals surface area contributed by atoms with Crippen LogP contribution >= 0.6 is 12.2 Å². The van der Waals surface area contributed by atoms with E-state index >= 15 is 0 Å². The Balaban J connectivity index is 2.02. The maximum absolute atomic E-state index is 9.09. The van der Waals surface area contributed by atoms with Crippen molar-refractivity contribution in [1.82, 2.24) is 19.1 Å². The number of fused-ring (bicyclic) bond motifs is 1. The second kappa shape index (κ2) is 4.71. The molecule has 0 fully saturated rings. The molecule has 0 unspecified atom stereocenters. The molecule has 5 nitrogen and oxygen atoms in total. The van der Waals surface area contributed by atoms with Crippen LogP contribution in [-0.2, 0) is 13.1 Å². The molecule has 0 radical (unpaired) electrons. The monoisotopic (exact) mass is 269 g/mol. The first-order chi connectivity index (χ1) is 9.29. The minimum absolute atomic E-state index is 0.616. The third kappa shape index (κ3) is 2.04. The van der Waals surface area contributed by atoms with Crippen molar-refractivity contribution in [3.05, 3.63) is 47.3 Å². The fourth-order valence-electron chi connectivity index (χ4n) is 2.13. The molecule has 0 atom stereocenters. The Morgan fingerprint density at radius 3 is 3.00 bits per heavy atom. The maximum atomic E-state index is 9.09. The summed E-state index contributed by atoms with van der Waals surface area (Å²) in [6.45, 7) is 1.53. The molecule has 94 valence electrons. The van der Waals surface area contributed by atoms with E-state index in [0.717, 1.165) is 24.1 Å². The number of aryl methyl sites for hydroxylation is 2. The fraction of sp³-hybridized carbons (Fsp3) is 0.154. The Bertz CT molecular complexity index is 804. The highest BCUT2D eigenvalue weighted by Crippen LogP contribution is 2.18. The van der Waals surface area contributed by atoms with Crippen LogP contribution < -0.4 is 0 Å². The van der Waals surface area contributed by atoms with E-state index in [-0.39, 0.29) is 0 Å². The average molecular weight is 269 g/mol. The fourth-order valence-corrected chi connectivity index (χ4v) is 2.42. The number of para-hydroxylation sites is 1. The number of hydrogen-bond donors (Lipinski definition) is 1. The molecule has 6 heteroatoms. The number of nitriles is 1. The van der Waals surface area contributed by atoms with E-state index in [4.69, 9.17) is 17.5 Å². The van der Waals surface area contributed by atoms with E-state index in [2.05, 4.69) is 16.0 Å². The Morgan fingerprint density at radius 2 is 2.26 bits per heavy atom. The molecule has 1 aromatic carbocycles. The van der Waals surface area contributed by atoms with Crippen molar-refractivity contribution in [2.45, 2.75) is 13.1 Å². The quantitative estimate of drug-likeness (QED) is 0.743. The summed E-state index contributed by atoms with van der Waals surface area (Å²) in [5.41, 5.74) is 2.38. The molecule has 0 saturated heterocycles. The van der Waals surface area contributed by atoms with Crippen molar-refractivity contribution in [1.29, 1.82) is 5.26 Å². The molecule has 2 heterocycles. The lowest BCUT2D eigenvalue weighted by Gasteiger charge is -2.05. The average Bonchev–Trinajstić information content (AvgIpc) is 3.03. The predicted molar refractivity (Wildman–Crippen MR) is 74.1 cm³/mol. The number of aromatic amines is 1. The Hall–Kier alpha value is -2.39. The summed E-state index contributed by atoms with van der Waals surface area (Å²) >= 11 is 5.33. The van der Waals surface area contributed by atoms with Gasteiger partial charge in [0.25, 0.3) is 0 Å². The summed E-state index contributed by atoms with van der Waals surface area (Å²) < 4.78 is 4.64. The highest BCUT2D eigenvalue weighted by Gasteiger charge is 2.07. The summed E-state index contributed by atoms with van der Waals surface area (Å²) in [5.74, 6) is 0. The van der Waals surface area contributed by atoms with E-state index in [1.807, 2.05) is 27.5 Å². The molecule has 3 aromatic rings. The maximum Gasteiger partial charge on any atom is 0.178 e. The minimum Gasteiger partial charge on any atom is -0.336 e. The van der Waals surface area contributed by atoms with Crippen LogP contribution in [0.15, 0.2) is 36.9 Å². The van der Waals surface area contributed by atoms with Crippen molar-refractivity contribution in [2.75, 3.05) is 0 Å². The molecule has 3 rings (SSSR count). The first kappa shape index (κ1) is 11.7.